The van der Waals surface area contributed by atoms with Crippen molar-refractivity contribution in [2.75, 3.05) is 0 Å². The van der Waals surface area contributed by atoms with E-state index < -0.39 is 0 Å². The highest BCUT2D eigenvalue weighted by molar-refractivity contribution is 7.29. The second-order valence-corrected chi connectivity index (χ2v) is 4.73. The molecule has 0 aliphatic carbocycles. The molecule has 2 unspecified atom stereocenters. The van der Waals surface area contributed by atoms with Crippen molar-refractivity contribution in [1.29, 1.82) is 0 Å². The Morgan fingerprint density at radius 2 is 1.06 bits per heavy atom. The summed E-state index contributed by atoms with van der Waals surface area (Å²) in [5.41, 5.74) is 1.30. The number of hydrogen-bond donors (Lipinski definition) is 2. The summed E-state index contributed by atoms with van der Waals surface area (Å²) in [6, 6.07) is 10.5. The van der Waals surface area contributed by atoms with Gasteiger partial charge in [-0.2, -0.15) is 0 Å². The minimum atomic E-state index is 0.165. The van der Waals surface area contributed by atoms with E-state index in [4.69, 9.17) is 0 Å². The number of rotatable bonds is 1. The van der Waals surface area contributed by atoms with Crippen molar-refractivity contribution in [3.63, 3.8) is 0 Å². The van der Waals surface area contributed by atoms with Crippen molar-refractivity contribution in [1.82, 2.24) is 0 Å². The first-order valence-electron chi connectivity index (χ1n) is 4.76. The van der Waals surface area contributed by atoms with Crippen molar-refractivity contribution < 1.29 is 10.2 Å². The van der Waals surface area contributed by atoms with Crippen molar-refractivity contribution in [3.05, 3.63) is 36.4 Å². The van der Waals surface area contributed by atoms with Crippen LogP contribution in [0.2, 0.25) is 0 Å². The Morgan fingerprint density at radius 1 is 0.688 bits per heavy atom. The van der Waals surface area contributed by atoms with E-state index >= 15 is 0 Å². The lowest BCUT2D eigenvalue weighted by molar-refractivity contribution is 0.470. The molecule has 2 N–H and O–H groups in total. The van der Waals surface area contributed by atoms with Crippen molar-refractivity contribution in [2.45, 2.75) is 0 Å². The van der Waals surface area contributed by atoms with Crippen LogP contribution >= 0.6 is 18.5 Å². The van der Waals surface area contributed by atoms with Crippen molar-refractivity contribution in [3.8, 4) is 22.6 Å². The molecule has 16 heavy (non-hydrogen) atoms. The zero-order valence-electron chi connectivity index (χ0n) is 8.51. The standard InChI is InChI=1S/C12H12O2P2/c13-7-3-1-5-9(15)11(7)12-8(14)4-2-6-10(12)16/h1-6,13-14H,15-16H2. The van der Waals surface area contributed by atoms with Crippen LogP contribution in [0, 0.1) is 0 Å². The molecule has 82 valence electrons. The highest BCUT2D eigenvalue weighted by atomic mass is 31.0. The first-order chi connectivity index (χ1) is 7.61. The van der Waals surface area contributed by atoms with Crippen LogP contribution in [0.15, 0.2) is 36.4 Å². The molecular weight excluding hydrogens is 238 g/mol. The molecule has 2 atom stereocenters. The van der Waals surface area contributed by atoms with Crippen LogP contribution in [-0.2, 0) is 0 Å². The van der Waals surface area contributed by atoms with Gasteiger partial charge in [0.2, 0.25) is 0 Å². The van der Waals surface area contributed by atoms with Gasteiger partial charge in [-0.25, -0.2) is 0 Å². The van der Waals surface area contributed by atoms with Crippen LogP contribution in [0.1, 0.15) is 0 Å². The van der Waals surface area contributed by atoms with Gasteiger partial charge in [0.1, 0.15) is 11.5 Å². The molecule has 4 heteroatoms. The van der Waals surface area contributed by atoms with Gasteiger partial charge >= 0.3 is 0 Å². The van der Waals surface area contributed by atoms with Gasteiger partial charge in [-0.1, -0.05) is 24.3 Å². The van der Waals surface area contributed by atoms with Gasteiger partial charge in [0.25, 0.3) is 0 Å². The maximum absolute atomic E-state index is 9.86. The molecule has 0 saturated carbocycles. The summed E-state index contributed by atoms with van der Waals surface area (Å²) in [7, 11) is 5.12. The molecule has 0 amide bonds. The fourth-order valence-corrected chi connectivity index (χ4v) is 2.47. The summed E-state index contributed by atoms with van der Waals surface area (Å²) in [4.78, 5) is 0. The second-order valence-electron chi connectivity index (χ2n) is 3.48. The third kappa shape index (κ3) is 1.91. The summed E-state index contributed by atoms with van der Waals surface area (Å²) in [5, 5.41) is 21.4. The number of benzene rings is 2. The van der Waals surface area contributed by atoms with Gasteiger partial charge in [-0.05, 0) is 22.7 Å². The topological polar surface area (TPSA) is 40.5 Å². The van der Waals surface area contributed by atoms with Crippen molar-refractivity contribution >= 4 is 29.1 Å². The van der Waals surface area contributed by atoms with E-state index in [0.717, 1.165) is 10.6 Å². The molecule has 0 heterocycles. The molecule has 0 bridgehead atoms. The van der Waals surface area contributed by atoms with Gasteiger partial charge in [0, 0.05) is 11.1 Å². The van der Waals surface area contributed by atoms with Crippen LogP contribution in [0.5, 0.6) is 11.5 Å². The van der Waals surface area contributed by atoms with Crippen LogP contribution in [-0.4, -0.2) is 10.2 Å². The van der Waals surface area contributed by atoms with Gasteiger partial charge in [0.05, 0.1) is 0 Å². The van der Waals surface area contributed by atoms with Crippen LogP contribution in [0.3, 0.4) is 0 Å². The average Bonchev–Trinajstić information content (AvgIpc) is 2.21. The molecule has 0 saturated heterocycles. The molecule has 0 radical (unpaired) electrons. The van der Waals surface area contributed by atoms with Gasteiger partial charge in [-0.15, -0.1) is 18.5 Å². The highest BCUT2D eigenvalue weighted by Crippen LogP contribution is 2.34. The van der Waals surface area contributed by atoms with Crippen LogP contribution in [0.25, 0.3) is 11.1 Å². The fraction of sp³-hybridized carbons (Fsp3) is 0. The predicted molar refractivity (Wildman–Crippen MR) is 73.9 cm³/mol. The molecule has 2 aromatic rings. The Labute approximate surface area is 98.7 Å². The zero-order valence-corrected chi connectivity index (χ0v) is 10.8. The minimum Gasteiger partial charge on any atom is -0.507 e. The lowest BCUT2D eigenvalue weighted by Gasteiger charge is -2.12. The molecule has 2 aromatic carbocycles. The Hall–Kier alpha value is -1.10. The fourth-order valence-electron chi connectivity index (χ4n) is 1.66. The molecule has 0 fully saturated rings. The second kappa shape index (κ2) is 4.41. The van der Waals surface area contributed by atoms with E-state index in [1.165, 1.54) is 0 Å². The average molecular weight is 250 g/mol. The molecule has 2 rings (SSSR count). The van der Waals surface area contributed by atoms with E-state index in [-0.39, 0.29) is 11.5 Å². The summed E-state index contributed by atoms with van der Waals surface area (Å²) < 4.78 is 0. The number of phenols is 2. The van der Waals surface area contributed by atoms with E-state index in [9.17, 15) is 10.2 Å². The first kappa shape index (κ1) is 11.4. The number of hydrogen-bond acceptors (Lipinski definition) is 2. The molecule has 0 aliphatic heterocycles. The van der Waals surface area contributed by atoms with Gasteiger partial charge in [0.15, 0.2) is 0 Å². The Balaban J connectivity index is 2.77. The summed E-state index contributed by atoms with van der Waals surface area (Å²) >= 11 is 0. The first-order valence-corrected chi connectivity index (χ1v) is 5.92. The zero-order chi connectivity index (χ0) is 11.7. The van der Waals surface area contributed by atoms with E-state index in [1.807, 2.05) is 12.1 Å². The Kier molecular flexibility index (Phi) is 3.14. The highest BCUT2D eigenvalue weighted by Gasteiger charge is 2.13. The Bertz CT molecular complexity index is 449. The summed E-state index contributed by atoms with van der Waals surface area (Å²) in [6.45, 7) is 0. The van der Waals surface area contributed by atoms with Gasteiger partial charge < -0.3 is 10.2 Å². The van der Waals surface area contributed by atoms with E-state index in [1.54, 1.807) is 24.3 Å². The number of aromatic hydroxyl groups is 2. The quantitative estimate of drug-likeness (QED) is 0.757. The minimum absolute atomic E-state index is 0.165. The maximum Gasteiger partial charge on any atom is 0.124 e. The van der Waals surface area contributed by atoms with E-state index in [0.29, 0.717) is 11.1 Å². The monoisotopic (exact) mass is 250 g/mol. The van der Waals surface area contributed by atoms with Gasteiger partial charge in [-0.3, -0.25) is 0 Å². The molecule has 0 spiro atoms. The smallest absolute Gasteiger partial charge is 0.124 e. The number of phenolic OH excluding ortho intramolecular Hbond substituents is 2. The third-order valence-electron chi connectivity index (χ3n) is 2.40. The maximum atomic E-state index is 9.86. The normalized spacial score (nSPS) is 10.4. The molecule has 0 aliphatic rings. The molecule has 2 nitrogen and oxygen atoms in total. The molecular formula is C12H12O2P2. The van der Waals surface area contributed by atoms with Crippen molar-refractivity contribution in [2.24, 2.45) is 0 Å². The Morgan fingerprint density at radius 3 is 1.38 bits per heavy atom. The largest absolute Gasteiger partial charge is 0.507 e. The lowest BCUT2D eigenvalue weighted by Crippen LogP contribution is -2.04. The summed E-state index contributed by atoms with van der Waals surface area (Å²) in [5.74, 6) is 0.329. The lowest BCUT2D eigenvalue weighted by atomic mass is 10.0. The summed E-state index contributed by atoms with van der Waals surface area (Å²) in [6.07, 6.45) is 0. The SMILES string of the molecule is Oc1cccc(P)c1-c1c(O)cccc1P. The molecule has 0 aromatic heterocycles. The van der Waals surface area contributed by atoms with Crippen LogP contribution < -0.4 is 10.6 Å². The predicted octanol–water partition coefficient (Wildman–Crippen LogP) is 1.77. The van der Waals surface area contributed by atoms with E-state index in [2.05, 4.69) is 18.5 Å². The van der Waals surface area contributed by atoms with Crippen LogP contribution in [0.4, 0.5) is 0 Å². The third-order valence-corrected chi connectivity index (χ3v) is 3.36.